The van der Waals surface area contributed by atoms with Gasteiger partial charge in [0.05, 0.1) is 18.8 Å². The van der Waals surface area contributed by atoms with Crippen molar-refractivity contribution in [2.45, 2.75) is 25.5 Å². The summed E-state index contributed by atoms with van der Waals surface area (Å²) in [4.78, 5) is 0. The Morgan fingerprint density at radius 2 is 2.12 bits per heavy atom. The Morgan fingerprint density at radius 3 is 2.65 bits per heavy atom. The van der Waals surface area contributed by atoms with Gasteiger partial charge >= 0.3 is 0 Å². The Morgan fingerprint density at radius 1 is 1.41 bits per heavy atom. The number of hydrogen-bond donors (Lipinski definition) is 2. The minimum Gasteiger partial charge on any atom is -0.497 e. The smallest absolute Gasteiger partial charge is 0.120 e. The van der Waals surface area contributed by atoms with E-state index in [9.17, 15) is 0 Å². The van der Waals surface area contributed by atoms with Gasteiger partial charge in [0.1, 0.15) is 5.75 Å². The average Bonchev–Trinajstić information content (AvgIpc) is 2.37. The van der Waals surface area contributed by atoms with Crippen LogP contribution < -0.4 is 15.8 Å². The summed E-state index contributed by atoms with van der Waals surface area (Å²) < 4.78 is 10.5. The highest BCUT2D eigenvalue weighted by Crippen LogP contribution is 2.23. The molecule has 4 heteroatoms. The third kappa shape index (κ3) is 3.35. The average molecular weight is 238 g/mol. The van der Waals surface area contributed by atoms with Crippen LogP contribution >= 0.6 is 0 Å². The standard InChI is InChI=1S/C13H22N2O2/c1-10(16-3)13(2,9-14)15-11-6-5-7-12(8-11)17-4/h5-8,10,15H,9,14H2,1-4H3. The van der Waals surface area contributed by atoms with Crippen LogP contribution in [0.2, 0.25) is 0 Å². The molecular weight excluding hydrogens is 216 g/mol. The molecule has 17 heavy (non-hydrogen) atoms. The maximum Gasteiger partial charge on any atom is 0.120 e. The van der Waals surface area contributed by atoms with Gasteiger partial charge in [-0.2, -0.15) is 0 Å². The van der Waals surface area contributed by atoms with Crippen LogP contribution in [0.4, 0.5) is 5.69 Å². The zero-order valence-electron chi connectivity index (χ0n) is 11.0. The van der Waals surface area contributed by atoms with Crippen LogP contribution in [0.3, 0.4) is 0 Å². The van der Waals surface area contributed by atoms with E-state index in [2.05, 4.69) is 5.32 Å². The van der Waals surface area contributed by atoms with Gasteiger partial charge < -0.3 is 20.5 Å². The lowest BCUT2D eigenvalue weighted by Crippen LogP contribution is -2.51. The van der Waals surface area contributed by atoms with Crippen LogP contribution in [0.5, 0.6) is 5.75 Å². The molecule has 0 aliphatic carbocycles. The molecule has 96 valence electrons. The van der Waals surface area contributed by atoms with E-state index in [1.807, 2.05) is 38.1 Å². The normalized spacial score (nSPS) is 16.1. The number of methoxy groups -OCH3 is 2. The third-order valence-electron chi connectivity index (χ3n) is 3.17. The molecule has 2 atom stereocenters. The second kappa shape index (κ2) is 5.89. The number of rotatable bonds is 6. The molecule has 0 spiro atoms. The van der Waals surface area contributed by atoms with Gasteiger partial charge in [0, 0.05) is 25.4 Å². The summed E-state index contributed by atoms with van der Waals surface area (Å²) >= 11 is 0. The van der Waals surface area contributed by atoms with Crippen molar-refractivity contribution in [3.63, 3.8) is 0 Å². The minimum absolute atomic E-state index is 0.0127. The molecule has 3 N–H and O–H groups in total. The topological polar surface area (TPSA) is 56.5 Å². The van der Waals surface area contributed by atoms with Crippen molar-refractivity contribution in [3.05, 3.63) is 24.3 Å². The van der Waals surface area contributed by atoms with Crippen LogP contribution in [0.25, 0.3) is 0 Å². The predicted molar refractivity (Wildman–Crippen MR) is 70.5 cm³/mol. The van der Waals surface area contributed by atoms with Crippen LogP contribution in [-0.4, -0.2) is 32.4 Å². The molecule has 1 rings (SSSR count). The molecule has 0 radical (unpaired) electrons. The molecule has 2 unspecified atom stereocenters. The lowest BCUT2D eigenvalue weighted by atomic mass is 9.95. The highest BCUT2D eigenvalue weighted by molar-refractivity contribution is 5.50. The fourth-order valence-corrected chi connectivity index (χ4v) is 1.61. The maximum absolute atomic E-state index is 5.83. The summed E-state index contributed by atoms with van der Waals surface area (Å²) in [5.74, 6) is 0.819. The quantitative estimate of drug-likeness (QED) is 0.794. The number of nitrogens with one attached hydrogen (secondary N) is 1. The van der Waals surface area contributed by atoms with Crippen LogP contribution in [0, 0.1) is 0 Å². The molecule has 0 amide bonds. The predicted octanol–water partition coefficient (Wildman–Crippen LogP) is 1.86. The lowest BCUT2D eigenvalue weighted by Gasteiger charge is -2.35. The fraction of sp³-hybridized carbons (Fsp3) is 0.538. The van der Waals surface area contributed by atoms with Gasteiger partial charge in [-0.1, -0.05) is 6.07 Å². The molecule has 1 aromatic rings. The van der Waals surface area contributed by atoms with Gasteiger partial charge in [0.15, 0.2) is 0 Å². The van der Waals surface area contributed by atoms with E-state index in [0.717, 1.165) is 11.4 Å². The first-order chi connectivity index (χ1) is 8.05. The van der Waals surface area contributed by atoms with E-state index >= 15 is 0 Å². The monoisotopic (exact) mass is 238 g/mol. The maximum atomic E-state index is 5.83. The van der Waals surface area contributed by atoms with E-state index in [0.29, 0.717) is 6.54 Å². The Hall–Kier alpha value is -1.26. The van der Waals surface area contributed by atoms with Gasteiger partial charge in [-0.05, 0) is 26.0 Å². The Bertz CT molecular complexity index is 357. The van der Waals surface area contributed by atoms with Gasteiger partial charge in [-0.15, -0.1) is 0 Å². The van der Waals surface area contributed by atoms with Crippen molar-refractivity contribution in [2.24, 2.45) is 5.73 Å². The van der Waals surface area contributed by atoms with E-state index < -0.39 is 0 Å². The molecule has 0 aliphatic heterocycles. The highest BCUT2D eigenvalue weighted by Gasteiger charge is 2.29. The third-order valence-corrected chi connectivity index (χ3v) is 3.17. The second-order valence-electron chi connectivity index (χ2n) is 4.36. The summed E-state index contributed by atoms with van der Waals surface area (Å²) in [5.41, 5.74) is 6.50. The molecule has 0 saturated carbocycles. The van der Waals surface area contributed by atoms with Gasteiger partial charge in [-0.3, -0.25) is 0 Å². The van der Waals surface area contributed by atoms with Crippen molar-refractivity contribution < 1.29 is 9.47 Å². The van der Waals surface area contributed by atoms with E-state index in [1.165, 1.54) is 0 Å². The highest BCUT2D eigenvalue weighted by atomic mass is 16.5. The first kappa shape index (κ1) is 13.8. The number of benzene rings is 1. The molecule has 1 aromatic carbocycles. The Labute approximate surface area is 103 Å². The molecule has 4 nitrogen and oxygen atoms in total. The molecule has 0 fully saturated rings. The number of hydrogen-bond acceptors (Lipinski definition) is 4. The molecule has 0 saturated heterocycles. The summed E-state index contributed by atoms with van der Waals surface area (Å²) in [7, 11) is 3.34. The summed E-state index contributed by atoms with van der Waals surface area (Å²) in [6.45, 7) is 4.53. The first-order valence-corrected chi connectivity index (χ1v) is 5.71. The van der Waals surface area contributed by atoms with Crippen LogP contribution in [0.1, 0.15) is 13.8 Å². The largest absolute Gasteiger partial charge is 0.497 e. The Kier molecular flexibility index (Phi) is 4.78. The molecule has 0 heterocycles. The van der Waals surface area contributed by atoms with Crippen molar-refractivity contribution in [1.29, 1.82) is 0 Å². The zero-order valence-corrected chi connectivity index (χ0v) is 11.0. The summed E-state index contributed by atoms with van der Waals surface area (Å²) in [6, 6.07) is 7.77. The minimum atomic E-state index is -0.304. The van der Waals surface area contributed by atoms with E-state index in [4.69, 9.17) is 15.2 Å². The summed E-state index contributed by atoms with van der Waals surface area (Å²) in [5, 5.41) is 3.40. The number of nitrogens with two attached hydrogens (primary N) is 1. The first-order valence-electron chi connectivity index (χ1n) is 5.71. The van der Waals surface area contributed by atoms with Crippen molar-refractivity contribution in [1.82, 2.24) is 0 Å². The fourth-order valence-electron chi connectivity index (χ4n) is 1.61. The van der Waals surface area contributed by atoms with Gasteiger partial charge in [0.25, 0.3) is 0 Å². The van der Waals surface area contributed by atoms with Gasteiger partial charge in [0.2, 0.25) is 0 Å². The van der Waals surface area contributed by atoms with Crippen molar-refractivity contribution >= 4 is 5.69 Å². The van der Waals surface area contributed by atoms with Crippen molar-refractivity contribution in [3.8, 4) is 5.75 Å². The van der Waals surface area contributed by atoms with E-state index in [-0.39, 0.29) is 11.6 Å². The molecule has 0 aromatic heterocycles. The lowest BCUT2D eigenvalue weighted by molar-refractivity contribution is 0.0688. The number of anilines is 1. The van der Waals surface area contributed by atoms with Crippen LogP contribution in [-0.2, 0) is 4.74 Å². The molecule has 0 bridgehead atoms. The second-order valence-corrected chi connectivity index (χ2v) is 4.36. The molecular formula is C13H22N2O2. The zero-order chi connectivity index (χ0) is 12.9. The Balaban J connectivity index is 2.86. The SMILES string of the molecule is COc1cccc(NC(C)(CN)C(C)OC)c1. The van der Waals surface area contributed by atoms with E-state index in [1.54, 1.807) is 14.2 Å². The molecule has 0 aliphatic rings. The van der Waals surface area contributed by atoms with Crippen LogP contribution in [0.15, 0.2) is 24.3 Å². The summed E-state index contributed by atoms with van der Waals surface area (Å²) in [6.07, 6.45) is 0.0127. The van der Waals surface area contributed by atoms with Crippen molar-refractivity contribution in [2.75, 3.05) is 26.1 Å². The van der Waals surface area contributed by atoms with Gasteiger partial charge in [-0.25, -0.2) is 0 Å². The number of ether oxygens (including phenoxy) is 2.